The van der Waals surface area contributed by atoms with Gasteiger partial charge in [0.1, 0.15) is 17.4 Å². The standard InChI is InChI=1S/C41H46BrN3O6/c1-6-20-43(29-16-18-31(19-17-29)50-8-3)38(47)34-35-39(48)45(30(25-46)23-28-12-10-9-11-13-28)37(41(35)24-32(42)36(34)51-41)40(49)44(21-7-2)33-22-26(4)14-15-27(33)5/h6-7,9-19,22,30,32,34-37,46H,1-2,8,20-21,23-25H2,3-5H3/t30-,32?,34+,35+,36+,37?,41?/m1/s1. The fourth-order valence-corrected chi connectivity index (χ4v) is 9.22. The van der Waals surface area contributed by atoms with Gasteiger partial charge in [0, 0.05) is 29.3 Å². The lowest BCUT2D eigenvalue weighted by atomic mass is 9.70. The largest absolute Gasteiger partial charge is 0.494 e. The zero-order valence-corrected chi connectivity index (χ0v) is 31.0. The molecule has 3 saturated heterocycles. The first-order valence-electron chi connectivity index (χ1n) is 17.5. The van der Waals surface area contributed by atoms with E-state index in [2.05, 4.69) is 29.1 Å². The van der Waals surface area contributed by atoms with Crippen molar-refractivity contribution in [2.45, 2.75) is 62.2 Å². The van der Waals surface area contributed by atoms with Gasteiger partial charge in [-0.25, -0.2) is 0 Å². The van der Waals surface area contributed by atoms with E-state index in [9.17, 15) is 9.90 Å². The van der Waals surface area contributed by atoms with E-state index in [1.807, 2.05) is 93.6 Å². The fraction of sp³-hybridized carbons (Fsp3) is 0.390. The lowest BCUT2D eigenvalue weighted by molar-refractivity contribution is -0.144. The number of amides is 3. The summed E-state index contributed by atoms with van der Waals surface area (Å²) in [5, 5.41) is 10.9. The van der Waals surface area contributed by atoms with Crippen LogP contribution < -0.4 is 14.5 Å². The van der Waals surface area contributed by atoms with Gasteiger partial charge in [0.25, 0.3) is 5.91 Å². The third kappa shape index (κ3) is 6.54. The molecule has 3 heterocycles. The molecule has 1 N–H and O–H groups in total. The van der Waals surface area contributed by atoms with Crippen LogP contribution in [0, 0.1) is 25.7 Å². The molecule has 3 aromatic rings. The number of carbonyl (C=O) groups excluding carboxylic acids is 3. The Bertz CT molecular complexity index is 1780. The van der Waals surface area contributed by atoms with Gasteiger partial charge in [-0.3, -0.25) is 14.4 Å². The zero-order chi connectivity index (χ0) is 36.4. The first-order chi connectivity index (χ1) is 24.6. The number of ether oxygens (including phenoxy) is 2. The van der Waals surface area contributed by atoms with Gasteiger partial charge in [0.2, 0.25) is 11.8 Å². The molecular weight excluding hydrogens is 710 g/mol. The Morgan fingerprint density at radius 1 is 1.04 bits per heavy atom. The van der Waals surface area contributed by atoms with Gasteiger partial charge >= 0.3 is 0 Å². The van der Waals surface area contributed by atoms with Crippen molar-refractivity contribution < 1.29 is 29.0 Å². The molecule has 0 radical (unpaired) electrons. The molecule has 3 aliphatic rings. The Hall–Kier alpha value is -4.25. The Kier molecular flexibility index (Phi) is 10.9. The maximum atomic E-state index is 15.3. The number of alkyl halides is 1. The summed E-state index contributed by atoms with van der Waals surface area (Å²) < 4.78 is 12.5. The Balaban J connectivity index is 1.47. The molecule has 268 valence electrons. The highest BCUT2D eigenvalue weighted by Gasteiger charge is 2.77. The molecular formula is C41H46BrN3O6. The molecule has 9 nitrogen and oxygen atoms in total. The van der Waals surface area contributed by atoms with Crippen LogP contribution in [0.4, 0.5) is 11.4 Å². The highest BCUT2D eigenvalue weighted by atomic mass is 79.9. The number of fused-ring (bicyclic) bond motifs is 1. The van der Waals surface area contributed by atoms with Crippen molar-refractivity contribution in [3.63, 3.8) is 0 Å². The van der Waals surface area contributed by atoms with Crippen LogP contribution >= 0.6 is 15.9 Å². The van der Waals surface area contributed by atoms with Crippen LogP contribution in [0.2, 0.25) is 0 Å². The summed E-state index contributed by atoms with van der Waals surface area (Å²) in [6.07, 6.45) is 3.31. The molecule has 0 aliphatic carbocycles. The van der Waals surface area contributed by atoms with Crippen molar-refractivity contribution >= 4 is 45.0 Å². The summed E-state index contributed by atoms with van der Waals surface area (Å²) in [4.78, 5) is 49.7. The number of likely N-dealkylation sites (tertiary alicyclic amines) is 1. The molecule has 7 atom stereocenters. The SMILES string of the molecule is C=CCN(C(=O)[C@H]1[C@H]2C(=O)N([C@@H](CO)Cc3ccccc3)C(C(=O)N(CC=C)c3cc(C)ccc3C)C23CC(Br)[C@@H]1O3)c1ccc(OCC)cc1. The smallest absolute Gasteiger partial charge is 0.253 e. The van der Waals surface area contributed by atoms with Gasteiger partial charge in [-0.15, -0.1) is 13.2 Å². The number of hydrogen-bond acceptors (Lipinski definition) is 6. The molecule has 0 aromatic heterocycles. The number of carbonyl (C=O) groups is 3. The van der Waals surface area contributed by atoms with Crippen LogP contribution in [0.1, 0.15) is 30.0 Å². The normalized spacial score (nSPS) is 25.3. The maximum Gasteiger partial charge on any atom is 0.253 e. The number of hydrogen-bond donors (Lipinski definition) is 1. The van der Waals surface area contributed by atoms with Crippen LogP contribution in [0.5, 0.6) is 5.75 Å². The van der Waals surface area contributed by atoms with Crippen LogP contribution in [-0.4, -0.2) is 82.6 Å². The second kappa shape index (κ2) is 15.2. The lowest BCUT2D eigenvalue weighted by Gasteiger charge is -2.40. The topological polar surface area (TPSA) is 99.6 Å². The number of aliphatic hydroxyl groups excluding tert-OH is 1. The molecule has 3 fully saturated rings. The average Bonchev–Trinajstić information content (AvgIpc) is 3.73. The van der Waals surface area contributed by atoms with Crippen molar-refractivity contribution in [2.75, 3.05) is 36.1 Å². The first kappa shape index (κ1) is 36.5. The summed E-state index contributed by atoms with van der Waals surface area (Å²) >= 11 is 3.81. The van der Waals surface area contributed by atoms with Crippen LogP contribution in [-0.2, 0) is 25.5 Å². The first-order valence-corrected chi connectivity index (χ1v) is 18.4. The second-order valence-electron chi connectivity index (χ2n) is 13.6. The third-order valence-electron chi connectivity index (χ3n) is 10.4. The van der Waals surface area contributed by atoms with Crippen LogP contribution in [0.15, 0.2) is 98.1 Å². The predicted molar refractivity (Wildman–Crippen MR) is 202 cm³/mol. The zero-order valence-electron chi connectivity index (χ0n) is 29.4. The van der Waals surface area contributed by atoms with E-state index in [4.69, 9.17) is 9.47 Å². The lowest BCUT2D eigenvalue weighted by Crippen LogP contribution is -2.59. The molecule has 2 bridgehead atoms. The average molecular weight is 757 g/mol. The van der Waals surface area contributed by atoms with E-state index in [1.165, 1.54) is 4.90 Å². The van der Waals surface area contributed by atoms with Crippen molar-refractivity contribution in [1.82, 2.24) is 4.90 Å². The number of anilines is 2. The Morgan fingerprint density at radius 3 is 2.37 bits per heavy atom. The van der Waals surface area contributed by atoms with E-state index in [0.717, 1.165) is 16.7 Å². The van der Waals surface area contributed by atoms with E-state index in [-0.39, 0.29) is 42.2 Å². The van der Waals surface area contributed by atoms with Gasteiger partial charge < -0.3 is 29.3 Å². The van der Waals surface area contributed by atoms with E-state index in [1.54, 1.807) is 22.0 Å². The van der Waals surface area contributed by atoms with Crippen molar-refractivity contribution in [3.05, 3.63) is 115 Å². The summed E-state index contributed by atoms with van der Waals surface area (Å²) in [6, 6.07) is 20.9. The molecule has 3 amide bonds. The predicted octanol–water partition coefficient (Wildman–Crippen LogP) is 5.79. The minimum atomic E-state index is -1.33. The highest BCUT2D eigenvalue weighted by molar-refractivity contribution is 9.09. The van der Waals surface area contributed by atoms with Gasteiger partial charge in [0.15, 0.2) is 0 Å². The molecule has 3 aromatic carbocycles. The molecule has 3 aliphatic heterocycles. The summed E-state index contributed by atoms with van der Waals surface area (Å²) in [5.74, 6) is -2.17. The van der Waals surface area contributed by atoms with Crippen LogP contribution in [0.3, 0.4) is 0 Å². The summed E-state index contributed by atoms with van der Waals surface area (Å²) in [5.41, 5.74) is 2.79. The number of rotatable bonds is 14. The van der Waals surface area contributed by atoms with Crippen LogP contribution in [0.25, 0.3) is 0 Å². The van der Waals surface area contributed by atoms with E-state index in [0.29, 0.717) is 36.6 Å². The fourth-order valence-electron chi connectivity index (χ4n) is 8.27. The monoisotopic (exact) mass is 755 g/mol. The number of halogens is 1. The Morgan fingerprint density at radius 2 is 1.73 bits per heavy atom. The highest BCUT2D eigenvalue weighted by Crippen LogP contribution is 2.61. The molecule has 51 heavy (non-hydrogen) atoms. The molecule has 10 heteroatoms. The van der Waals surface area contributed by atoms with Crippen molar-refractivity contribution in [1.29, 1.82) is 0 Å². The van der Waals surface area contributed by atoms with Gasteiger partial charge in [0.05, 0.1) is 37.2 Å². The van der Waals surface area contributed by atoms with Gasteiger partial charge in [-0.1, -0.05) is 70.5 Å². The van der Waals surface area contributed by atoms with E-state index >= 15 is 9.59 Å². The van der Waals surface area contributed by atoms with Gasteiger partial charge in [-0.2, -0.15) is 0 Å². The number of nitrogens with zero attached hydrogens (tertiary/aromatic N) is 3. The Labute approximate surface area is 308 Å². The molecule has 6 rings (SSSR count). The molecule has 3 unspecified atom stereocenters. The van der Waals surface area contributed by atoms with E-state index < -0.39 is 35.6 Å². The minimum Gasteiger partial charge on any atom is -0.494 e. The molecule has 1 spiro atoms. The van der Waals surface area contributed by atoms with Crippen molar-refractivity contribution in [2.24, 2.45) is 11.8 Å². The maximum absolute atomic E-state index is 15.3. The van der Waals surface area contributed by atoms with Gasteiger partial charge in [-0.05, 0) is 80.6 Å². The number of aliphatic hydroxyl groups is 1. The van der Waals surface area contributed by atoms with Crippen molar-refractivity contribution in [3.8, 4) is 5.75 Å². The minimum absolute atomic E-state index is 0.194. The quantitative estimate of drug-likeness (QED) is 0.165. The molecule has 0 saturated carbocycles. The summed E-state index contributed by atoms with van der Waals surface area (Å²) in [7, 11) is 0. The third-order valence-corrected chi connectivity index (χ3v) is 11.3. The second-order valence-corrected chi connectivity index (χ2v) is 14.8. The number of aryl methyl sites for hydroxylation is 2. The number of benzene rings is 3. The summed E-state index contributed by atoms with van der Waals surface area (Å²) in [6.45, 7) is 14.2.